The van der Waals surface area contributed by atoms with Crippen molar-refractivity contribution in [2.24, 2.45) is 17.6 Å². The normalized spacial score (nSPS) is 26.8. The Bertz CT molecular complexity index is 1260. The molecule has 0 radical (unpaired) electrons. The molecule has 2 fully saturated rings. The number of likely N-dealkylation sites (tertiary alicyclic amines) is 1. The molecule has 0 aromatic heterocycles. The van der Waals surface area contributed by atoms with Gasteiger partial charge in [-0.1, -0.05) is 23.7 Å². The molecular weight excluding hydrogens is 472 g/mol. The van der Waals surface area contributed by atoms with Crippen molar-refractivity contribution in [1.29, 1.82) is 0 Å². The van der Waals surface area contributed by atoms with Gasteiger partial charge in [-0.2, -0.15) is 0 Å². The zero-order valence-corrected chi connectivity index (χ0v) is 20.1. The second-order valence-corrected chi connectivity index (χ2v) is 9.85. The number of nitrogens with one attached hydrogen (secondary N) is 1. The second-order valence-electron chi connectivity index (χ2n) is 9.42. The third-order valence-electron chi connectivity index (χ3n) is 7.46. The molecule has 35 heavy (non-hydrogen) atoms. The van der Waals surface area contributed by atoms with Crippen molar-refractivity contribution in [3.05, 3.63) is 58.1 Å². The molecule has 3 aliphatic rings. The summed E-state index contributed by atoms with van der Waals surface area (Å²) < 4.78 is 5.19. The van der Waals surface area contributed by atoms with Crippen molar-refractivity contribution in [3.63, 3.8) is 0 Å². The third kappa shape index (κ3) is 3.49. The quantitative estimate of drug-likeness (QED) is 0.508. The highest BCUT2D eigenvalue weighted by atomic mass is 35.5. The van der Waals surface area contributed by atoms with Gasteiger partial charge in [-0.25, -0.2) is 0 Å². The number of imide groups is 1. The zero-order chi connectivity index (χ0) is 25.1. The summed E-state index contributed by atoms with van der Waals surface area (Å²) >= 11 is 6.36. The minimum atomic E-state index is -1.35. The molecule has 3 heterocycles. The highest BCUT2D eigenvalue weighted by Crippen LogP contribution is 2.51. The summed E-state index contributed by atoms with van der Waals surface area (Å²) in [6.45, 7) is 1.91. The average molecular weight is 498 g/mol. The molecule has 4 atom stereocenters. The predicted molar refractivity (Wildman–Crippen MR) is 126 cm³/mol. The van der Waals surface area contributed by atoms with Gasteiger partial charge in [0.25, 0.3) is 5.91 Å². The lowest BCUT2D eigenvalue weighted by Gasteiger charge is -2.26. The highest BCUT2D eigenvalue weighted by Gasteiger charge is 2.74. The van der Waals surface area contributed by atoms with Gasteiger partial charge in [0.05, 0.1) is 19.3 Å². The van der Waals surface area contributed by atoms with Crippen LogP contribution in [0, 0.1) is 18.8 Å². The number of amides is 4. The van der Waals surface area contributed by atoms with E-state index < -0.39 is 35.2 Å². The van der Waals surface area contributed by atoms with Gasteiger partial charge in [-0.3, -0.25) is 24.1 Å². The lowest BCUT2D eigenvalue weighted by molar-refractivity contribution is -0.734. The van der Waals surface area contributed by atoms with E-state index in [0.29, 0.717) is 22.0 Å². The van der Waals surface area contributed by atoms with Gasteiger partial charge in [0, 0.05) is 23.4 Å². The van der Waals surface area contributed by atoms with Crippen LogP contribution >= 0.6 is 11.6 Å². The molecule has 2 aromatic carbocycles. The van der Waals surface area contributed by atoms with Crippen LogP contribution in [0.2, 0.25) is 5.02 Å². The molecule has 3 aliphatic heterocycles. The molecule has 1 spiro atoms. The number of ether oxygens (including phenoxy) is 1. The van der Waals surface area contributed by atoms with Crippen LogP contribution in [0.25, 0.3) is 0 Å². The number of methoxy groups -OCH3 is 1. The number of nitrogens with zero attached hydrogens (tertiary/aromatic N) is 1. The van der Waals surface area contributed by atoms with E-state index in [-0.39, 0.29) is 31.2 Å². The highest BCUT2D eigenvalue weighted by molar-refractivity contribution is 6.31. The lowest BCUT2D eigenvalue weighted by Crippen LogP contribution is -2.99. The first kappa shape index (κ1) is 23.3. The second kappa shape index (κ2) is 8.35. The molecule has 0 saturated carbocycles. The summed E-state index contributed by atoms with van der Waals surface area (Å²) in [5.41, 5.74) is 6.78. The summed E-state index contributed by atoms with van der Waals surface area (Å²) in [5, 5.41) is 5.14. The number of carbonyl (C=O) groups is 4. The first-order valence-electron chi connectivity index (χ1n) is 11.4. The number of hydrogen-bond donors (Lipinski definition) is 3. The number of carbonyl (C=O) groups excluding carboxylic acids is 4. The SMILES string of the molecule is COc1ccc(CN2C(=O)[C@@H]3[C@H](CCC(N)=O)[NH2+][C@@]4(C(=O)Nc5c(C)cc(Cl)cc54)[C@@H]3C2=O)cc1. The van der Waals surface area contributed by atoms with E-state index in [1.54, 1.807) is 48.8 Å². The fourth-order valence-electron chi connectivity index (χ4n) is 5.90. The number of primary amides is 1. The minimum Gasteiger partial charge on any atom is -0.497 e. The Labute approximate surface area is 206 Å². The van der Waals surface area contributed by atoms with Crippen LogP contribution in [0.5, 0.6) is 5.75 Å². The third-order valence-corrected chi connectivity index (χ3v) is 7.67. The Balaban J connectivity index is 1.58. The number of fused-ring (bicyclic) bond motifs is 4. The largest absolute Gasteiger partial charge is 0.497 e. The molecule has 10 heteroatoms. The molecule has 182 valence electrons. The number of rotatable bonds is 6. The van der Waals surface area contributed by atoms with Crippen molar-refractivity contribution in [2.75, 3.05) is 12.4 Å². The molecule has 2 saturated heterocycles. The molecular formula is C25H26ClN4O5+. The zero-order valence-electron chi connectivity index (χ0n) is 19.3. The van der Waals surface area contributed by atoms with Crippen LogP contribution in [0.3, 0.4) is 0 Å². The summed E-state index contributed by atoms with van der Waals surface area (Å²) in [6, 6.07) is 10.1. The smallest absolute Gasteiger partial charge is 0.291 e. The molecule has 5 N–H and O–H groups in total. The summed E-state index contributed by atoms with van der Waals surface area (Å²) in [7, 11) is 1.56. The van der Waals surface area contributed by atoms with E-state index in [0.717, 1.165) is 11.1 Å². The van der Waals surface area contributed by atoms with Gasteiger partial charge in [-0.15, -0.1) is 0 Å². The van der Waals surface area contributed by atoms with Crippen LogP contribution in [-0.4, -0.2) is 41.7 Å². The maximum atomic E-state index is 13.9. The number of nitrogens with two attached hydrogens (primary N) is 2. The molecule has 9 nitrogen and oxygen atoms in total. The Kier molecular flexibility index (Phi) is 5.56. The summed E-state index contributed by atoms with van der Waals surface area (Å²) in [5.74, 6) is -2.65. The number of aryl methyl sites for hydroxylation is 1. The Morgan fingerprint density at radius 1 is 1.20 bits per heavy atom. The van der Waals surface area contributed by atoms with Gasteiger partial charge < -0.3 is 21.1 Å². The Hall–Kier alpha value is -3.43. The standard InChI is InChI=1S/C25H25ClN4O5/c1-12-9-14(26)10-16-21(12)28-24(34)25(16)20-19(17(29-25)7-8-18(27)31)22(32)30(23(20)33)11-13-3-5-15(35-2)6-4-13/h3-6,9-10,17,19-20,29H,7-8,11H2,1-2H3,(H2,27,31)(H,28,34)/p+1/t17-,19+,20-,25+/m0/s1. The van der Waals surface area contributed by atoms with Crippen LogP contribution in [-0.2, 0) is 31.3 Å². The lowest BCUT2D eigenvalue weighted by atomic mass is 9.76. The molecule has 5 rings (SSSR count). The van der Waals surface area contributed by atoms with Crippen molar-refractivity contribution >= 4 is 40.9 Å². The van der Waals surface area contributed by atoms with Gasteiger partial charge in [0.15, 0.2) is 0 Å². The van der Waals surface area contributed by atoms with Crippen LogP contribution in [0.15, 0.2) is 36.4 Å². The maximum absolute atomic E-state index is 13.9. The summed E-state index contributed by atoms with van der Waals surface area (Å²) in [4.78, 5) is 53.9. The Morgan fingerprint density at radius 3 is 2.57 bits per heavy atom. The van der Waals surface area contributed by atoms with Gasteiger partial charge in [-0.05, 0) is 42.3 Å². The van der Waals surface area contributed by atoms with E-state index in [2.05, 4.69) is 5.32 Å². The van der Waals surface area contributed by atoms with Crippen molar-refractivity contribution in [2.45, 2.75) is 37.9 Å². The van der Waals surface area contributed by atoms with Gasteiger partial charge >= 0.3 is 0 Å². The first-order valence-corrected chi connectivity index (χ1v) is 11.8. The number of halogens is 1. The Morgan fingerprint density at radius 2 is 1.91 bits per heavy atom. The molecule has 0 aliphatic carbocycles. The molecule has 4 amide bonds. The van der Waals surface area contributed by atoms with Crippen LogP contribution in [0.1, 0.15) is 29.5 Å². The van der Waals surface area contributed by atoms with Crippen molar-refractivity contribution in [3.8, 4) is 5.75 Å². The predicted octanol–water partition coefficient (Wildman–Crippen LogP) is 0.817. The van der Waals surface area contributed by atoms with Crippen molar-refractivity contribution < 1.29 is 29.2 Å². The van der Waals surface area contributed by atoms with E-state index in [9.17, 15) is 19.2 Å². The van der Waals surface area contributed by atoms with Gasteiger partial charge in [0.1, 0.15) is 23.6 Å². The number of quaternary nitrogens is 1. The fraction of sp³-hybridized carbons (Fsp3) is 0.360. The molecule has 0 unspecified atom stereocenters. The number of anilines is 1. The fourth-order valence-corrected chi connectivity index (χ4v) is 6.17. The number of benzene rings is 2. The first-order chi connectivity index (χ1) is 16.7. The van der Waals surface area contributed by atoms with Crippen LogP contribution < -0.4 is 21.1 Å². The average Bonchev–Trinajstić information content (AvgIpc) is 3.39. The number of hydrogen-bond acceptors (Lipinski definition) is 5. The minimum absolute atomic E-state index is 0.0451. The van der Waals surface area contributed by atoms with Crippen molar-refractivity contribution in [1.82, 2.24) is 4.90 Å². The van der Waals surface area contributed by atoms with E-state index in [1.165, 1.54) is 4.90 Å². The van der Waals surface area contributed by atoms with E-state index in [4.69, 9.17) is 22.1 Å². The molecule has 0 bridgehead atoms. The topological polar surface area (TPSA) is 135 Å². The van der Waals surface area contributed by atoms with Gasteiger partial charge in [0.2, 0.25) is 23.3 Å². The van der Waals surface area contributed by atoms with E-state index in [1.807, 2.05) is 6.92 Å². The van der Waals surface area contributed by atoms with Crippen LogP contribution in [0.4, 0.5) is 5.69 Å². The summed E-state index contributed by atoms with van der Waals surface area (Å²) in [6.07, 6.45) is 0.319. The molecule has 2 aromatic rings. The maximum Gasteiger partial charge on any atom is 0.291 e. The monoisotopic (exact) mass is 497 g/mol. The van der Waals surface area contributed by atoms with E-state index >= 15 is 0 Å².